The Labute approximate surface area is 167 Å². The van der Waals surface area contributed by atoms with E-state index in [0.717, 1.165) is 5.69 Å². The fourth-order valence-corrected chi connectivity index (χ4v) is 2.45. The highest BCUT2D eigenvalue weighted by molar-refractivity contribution is 14.0. The number of halogens is 4. The fraction of sp³-hybridized carbons (Fsp3) is 0.353. The Balaban J connectivity index is 0.00000338. The van der Waals surface area contributed by atoms with Gasteiger partial charge in [-0.05, 0) is 24.3 Å². The van der Waals surface area contributed by atoms with Crippen LogP contribution in [0.4, 0.5) is 13.2 Å². The van der Waals surface area contributed by atoms with Gasteiger partial charge in [0.25, 0.3) is 0 Å². The van der Waals surface area contributed by atoms with E-state index in [1.54, 1.807) is 7.05 Å². The van der Waals surface area contributed by atoms with Crippen LogP contribution in [0.2, 0.25) is 0 Å². The maximum atomic E-state index is 14.0. The summed E-state index contributed by atoms with van der Waals surface area (Å²) in [4.78, 5) is 6.00. The van der Waals surface area contributed by atoms with E-state index in [1.165, 1.54) is 18.2 Å². The predicted octanol–water partition coefficient (Wildman–Crippen LogP) is 3.59. The van der Waals surface area contributed by atoms with Gasteiger partial charge in [-0.3, -0.25) is 4.99 Å². The zero-order chi connectivity index (χ0) is 18.4. The lowest BCUT2D eigenvalue weighted by Gasteiger charge is -2.23. The molecule has 0 unspecified atom stereocenters. The first-order valence-corrected chi connectivity index (χ1v) is 7.66. The molecule has 0 radical (unpaired) electrons. The van der Waals surface area contributed by atoms with Crippen LogP contribution in [-0.4, -0.2) is 36.1 Å². The first-order chi connectivity index (χ1) is 11.9. The second kappa shape index (κ2) is 10.3. The molecule has 26 heavy (non-hydrogen) atoms. The lowest BCUT2D eigenvalue weighted by Crippen LogP contribution is -2.38. The predicted molar refractivity (Wildman–Crippen MR) is 106 cm³/mol. The van der Waals surface area contributed by atoms with E-state index >= 15 is 0 Å². The second-order valence-electron chi connectivity index (χ2n) is 5.46. The number of aromatic nitrogens is 1. The number of nitrogens with zero attached hydrogens (tertiary/aromatic N) is 3. The molecule has 0 saturated heterocycles. The van der Waals surface area contributed by atoms with Crippen molar-refractivity contribution < 1.29 is 17.9 Å². The van der Waals surface area contributed by atoms with Crippen molar-refractivity contribution in [2.24, 2.45) is 12.0 Å². The Morgan fingerprint density at radius 2 is 2.04 bits per heavy atom. The van der Waals surface area contributed by atoms with E-state index in [1.807, 2.05) is 41.9 Å². The number of rotatable bonds is 6. The van der Waals surface area contributed by atoms with Gasteiger partial charge in [-0.1, -0.05) is 6.07 Å². The van der Waals surface area contributed by atoms with Crippen molar-refractivity contribution in [3.05, 3.63) is 53.6 Å². The van der Waals surface area contributed by atoms with E-state index in [2.05, 4.69) is 15.0 Å². The van der Waals surface area contributed by atoms with Crippen molar-refractivity contribution in [3.8, 4) is 5.75 Å². The molecular formula is C17H22F3IN4O. The number of aliphatic imine (C=N–C) groups is 1. The van der Waals surface area contributed by atoms with Crippen LogP contribution in [0.3, 0.4) is 0 Å². The van der Waals surface area contributed by atoms with Crippen LogP contribution in [0, 0.1) is 5.82 Å². The molecular weight excluding hydrogens is 460 g/mol. The molecule has 2 rings (SSSR count). The molecule has 0 aliphatic heterocycles. The molecule has 144 valence electrons. The highest BCUT2D eigenvalue weighted by Crippen LogP contribution is 2.23. The van der Waals surface area contributed by atoms with Crippen LogP contribution in [0.1, 0.15) is 11.3 Å². The minimum atomic E-state index is -3.01. The zero-order valence-electron chi connectivity index (χ0n) is 14.7. The van der Waals surface area contributed by atoms with Crippen LogP contribution in [0.5, 0.6) is 5.75 Å². The van der Waals surface area contributed by atoms with Crippen LogP contribution < -0.4 is 10.1 Å². The first kappa shape index (κ1) is 22.1. The number of hydrogen-bond acceptors (Lipinski definition) is 2. The Morgan fingerprint density at radius 3 is 2.62 bits per heavy atom. The number of benzene rings is 1. The number of guanidine groups is 1. The molecule has 5 nitrogen and oxygen atoms in total. The summed E-state index contributed by atoms with van der Waals surface area (Å²) in [5, 5.41) is 2.97. The monoisotopic (exact) mass is 482 g/mol. The molecule has 0 saturated carbocycles. The highest BCUT2D eigenvalue weighted by atomic mass is 127. The van der Waals surface area contributed by atoms with Crippen molar-refractivity contribution in [2.75, 3.05) is 14.1 Å². The summed E-state index contributed by atoms with van der Waals surface area (Å²) in [6.07, 6.45) is 1.94. The Morgan fingerprint density at radius 1 is 1.31 bits per heavy atom. The van der Waals surface area contributed by atoms with Crippen molar-refractivity contribution in [2.45, 2.75) is 19.7 Å². The smallest absolute Gasteiger partial charge is 0.387 e. The summed E-state index contributed by atoms with van der Waals surface area (Å²) in [6.45, 7) is -2.46. The number of nitrogens with one attached hydrogen (secondary N) is 1. The fourth-order valence-electron chi connectivity index (χ4n) is 2.45. The van der Waals surface area contributed by atoms with Gasteiger partial charge in [0.05, 0.1) is 6.54 Å². The molecule has 2 aromatic rings. The topological polar surface area (TPSA) is 41.8 Å². The Kier molecular flexibility index (Phi) is 8.76. The largest absolute Gasteiger partial charge is 0.434 e. The molecule has 9 heteroatoms. The molecule has 0 aliphatic rings. The van der Waals surface area contributed by atoms with Gasteiger partial charge in [-0.2, -0.15) is 8.78 Å². The van der Waals surface area contributed by atoms with Crippen LogP contribution in [0.25, 0.3) is 0 Å². The lowest BCUT2D eigenvalue weighted by atomic mass is 10.2. The molecule has 1 N–H and O–H groups in total. The molecule has 0 spiro atoms. The summed E-state index contributed by atoms with van der Waals surface area (Å²) < 4.78 is 45.3. The van der Waals surface area contributed by atoms with Crippen molar-refractivity contribution in [1.82, 2.24) is 14.8 Å². The minimum Gasteiger partial charge on any atom is -0.434 e. The van der Waals surface area contributed by atoms with Gasteiger partial charge >= 0.3 is 6.61 Å². The maximum Gasteiger partial charge on any atom is 0.387 e. The van der Waals surface area contributed by atoms with E-state index in [-0.39, 0.29) is 41.8 Å². The van der Waals surface area contributed by atoms with E-state index in [0.29, 0.717) is 12.5 Å². The summed E-state index contributed by atoms with van der Waals surface area (Å²) in [6, 6.07) is 7.75. The third kappa shape index (κ3) is 5.82. The van der Waals surface area contributed by atoms with Gasteiger partial charge in [-0.25, -0.2) is 4.39 Å². The average Bonchev–Trinajstić information content (AvgIpc) is 2.94. The molecule has 1 heterocycles. The molecule has 0 aliphatic carbocycles. The summed E-state index contributed by atoms with van der Waals surface area (Å²) in [5.41, 5.74) is 1.09. The number of hydrogen-bond donors (Lipinski definition) is 1. The number of aryl methyl sites for hydroxylation is 1. The van der Waals surface area contributed by atoms with Gasteiger partial charge in [0.1, 0.15) is 11.6 Å². The van der Waals surface area contributed by atoms with Crippen molar-refractivity contribution in [3.63, 3.8) is 0 Å². The van der Waals surface area contributed by atoms with E-state index in [9.17, 15) is 13.2 Å². The summed E-state index contributed by atoms with van der Waals surface area (Å²) in [5.74, 6) is -0.304. The van der Waals surface area contributed by atoms with Crippen LogP contribution in [-0.2, 0) is 20.1 Å². The molecule has 0 fully saturated rings. The quantitative estimate of drug-likeness (QED) is 0.389. The molecule has 1 aromatic heterocycles. The van der Waals surface area contributed by atoms with Gasteiger partial charge in [0.2, 0.25) is 0 Å². The van der Waals surface area contributed by atoms with E-state index in [4.69, 9.17) is 0 Å². The lowest BCUT2D eigenvalue weighted by molar-refractivity contribution is -0.0506. The first-order valence-electron chi connectivity index (χ1n) is 7.66. The van der Waals surface area contributed by atoms with Gasteiger partial charge < -0.3 is 19.5 Å². The third-order valence-electron chi connectivity index (χ3n) is 3.74. The SMILES string of the molecule is CN=C(NCc1c(F)cccc1OC(F)F)N(C)Cc1cccn1C.I. The molecule has 0 bridgehead atoms. The summed E-state index contributed by atoms with van der Waals surface area (Å²) >= 11 is 0. The normalized spacial score (nSPS) is 11.3. The minimum absolute atomic E-state index is 0. The van der Waals surface area contributed by atoms with Gasteiger partial charge in [0.15, 0.2) is 5.96 Å². The Hall–Kier alpha value is -1.91. The van der Waals surface area contributed by atoms with Crippen LogP contribution in [0.15, 0.2) is 41.5 Å². The standard InChI is InChI=1S/C17H21F3N4O.HI/c1-21-17(24(3)11-12-6-5-9-23(12)2)22-10-13-14(18)7-4-8-15(13)25-16(19)20;/h4-9,16H,10-11H2,1-3H3,(H,21,22);1H. The molecule has 0 amide bonds. The molecule has 1 aromatic carbocycles. The highest BCUT2D eigenvalue weighted by Gasteiger charge is 2.15. The third-order valence-corrected chi connectivity index (χ3v) is 3.74. The second-order valence-corrected chi connectivity index (χ2v) is 5.46. The number of alkyl halides is 2. The van der Waals surface area contributed by atoms with Crippen molar-refractivity contribution in [1.29, 1.82) is 0 Å². The Bertz CT molecular complexity index is 737. The van der Waals surface area contributed by atoms with Crippen molar-refractivity contribution >= 4 is 29.9 Å². The summed E-state index contributed by atoms with van der Waals surface area (Å²) in [7, 11) is 5.37. The van der Waals surface area contributed by atoms with Gasteiger partial charge in [0, 0.05) is 45.1 Å². The average molecular weight is 482 g/mol. The number of ether oxygens (including phenoxy) is 1. The van der Waals surface area contributed by atoms with Gasteiger partial charge in [-0.15, -0.1) is 24.0 Å². The maximum absolute atomic E-state index is 14.0. The van der Waals surface area contributed by atoms with E-state index < -0.39 is 12.4 Å². The zero-order valence-corrected chi connectivity index (χ0v) is 17.1. The molecule has 0 atom stereocenters. The van der Waals surface area contributed by atoms with Crippen LogP contribution >= 0.6 is 24.0 Å².